The van der Waals surface area contributed by atoms with Crippen molar-refractivity contribution in [1.29, 1.82) is 0 Å². The molecule has 1 fully saturated rings. The Labute approximate surface area is 115 Å². The van der Waals surface area contributed by atoms with Crippen LogP contribution >= 0.6 is 0 Å². The summed E-state index contributed by atoms with van der Waals surface area (Å²) < 4.78 is 60.7. The average molecular weight is 317 g/mol. The maximum Gasteiger partial charge on any atom is 0.405 e. The Morgan fingerprint density at radius 1 is 1.35 bits per heavy atom. The molecule has 1 amide bonds. The van der Waals surface area contributed by atoms with Crippen molar-refractivity contribution in [2.75, 3.05) is 44.7 Å². The van der Waals surface area contributed by atoms with Crippen molar-refractivity contribution >= 4 is 15.7 Å². The van der Waals surface area contributed by atoms with Gasteiger partial charge >= 0.3 is 6.18 Å². The Bertz CT molecular complexity index is 433. The molecule has 1 unspecified atom stereocenters. The van der Waals surface area contributed by atoms with Crippen LogP contribution in [0, 0.1) is 0 Å². The number of nitrogens with zero attached hydrogens (tertiary/aromatic N) is 1. The zero-order valence-electron chi connectivity index (χ0n) is 11.0. The summed E-state index contributed by atoms with van der Waals surface area (Å²) in [4.78, 5) is 12.5. The molecule has 118 valence electrons. The topological polar surface area (TPSA) is 78.5 Å². The summed E-state index contributed by atoms with van der Waals surface area (Å²) in [6.45, 7) is 0.712. The zero-order chi connectivity index (χ0) is 15.4. The second-order valence-corrected chi connectivity index (χ2v) is 6.86. The van der Waals surface area contributed by atoms with Crippen LogP contribution in [0.2, 0.25) is 0 Å². The molecule has 1 atom stereocenters. The van der Waals surface area contributed by atoms with Gasteiger partial charge < -0.3 is 10.6 Å². The molecular formula is C10H18F3N3O3S. The van der Waals surface area contributed by atoms with Gasteiger partial charge in [0.1, 0.15) is 11.8 Å². The van der Waals surface area contributed by atoms with Crippen LogP contribution in [0.25, 0.3) is 0 Å². The molecule has 0 bridgehead atoms. The van der Waals surface area contributed by atoms with Crippen LogP contribution in [0.3, 0.4) is 0 Å². The smallest absolute Gasteiger partial charge is 0.353 e. The maximum absolute atomic E-state index is 13.0. The van der Waals surface area contributed by atoms with E-state index in [2.05, 4.69) is 5.32 Å². The minimum absolute atomic E-state index is 0.228. The van der Waals surface area contributed by atoms with Gasteiger partial charge in [-0.05, 0) is 0 Å². The first kappa shape index (κ1) is 17.2. The number of halogens is 3. The zero-order valence-corrected chi connectivity index (χ0v) is 11.9. The first-order valence-corrected chi connectivity index (χ1v) is 8.11. The lowest BCUT2D eigenvalue weighted by molar-refractivity contribution is -0.183. The van der Waals surface area contributed by atoms with Crippen molar-refractivity contribution in [3.63, 3.8) is 0 Å². The summed E-state index contributed by atoms with van der Waals surface area (Å²) in [6.07, 6.45) is -3.63. The second kappa shape index (κ2) is 6.72. The number of carbonyl (C=O) groups is 1. The van der Waals surface area contributed by atoms with Gasteiger partial charge in [-0.3, -0.25) is 9.69 Å². The molecule has 0 radical (unpaired) electrons. The van der Waals surface area contributed by atoms with Gasteiger partial charge in [0.05, 0.1) is 0 Å². The molecule has 1 aliphatic rings. The molecule has 6 nitrogen and oxygen atoms in total. The minimum atomic E-state index is -4.48. The van der Waals surface area contributed by atoms with Crippen molar-refractivity contribution in [3.05, 3.63) is 0 Å². The Balaban J connectivity index is 2.59. The molecule has 1 aliphatic heterocycles. The van der Waals surface area contributed by atoms with Gasteiger partial charge in [0.2, 0.25) is 5.91 Å². The van der Waals surface area contributed by atoms with Gasteiger partial charge in [-0.15, -0.1) is 0 Å². The number of nitrogens with one attached hydrogen (secondary N) is 2. The first-order chi connectivity index (χ1) is 9.09. The molecule has 0 aromatic heterocycles. The fourth-order valence-electron chi connectivity index (χ4n) is 1.95. The average Bonchev–Trinajstić information content (AvgIpc) is 2.26. The largest absolute Gasteiger partial charge is 0.405 e. The Hall–Kier alpha value is -0.870. The van der Waals surface area contributed by atoms with Crippen LogP contribution in [0.15, 0.2) is 0 Å². The van der Waals surface area contributed by atoms with Crippen LogP contribution < -0.4 is 10.6 Å². The summed E-state index contributed by atoms with van der Waals surface area (Å²) in [5, 5.41) is 4.98. The van der Waals surface area contributed by atoms with Gasteiger partial charge in [-0.25, -0.2) is 8.42 Å². The van der Waals surface area contributed by atoms with E-state index in [1.807, 2.05) is 5.32 Å². The number of sulfone groups is 1. The molecule has 0 spiro atoms. The minimum Gasteiger partial charge on any atom is -0.353 e. The molecule has 0 aromatic rings. The number of alkyl halides is 3. The molecule has 0 aliphatic carbocycles. The molecule has 1 saturated heterocycles. The summed E-state index contributed by atoms with van der Waals surface area (Å²) in [5.74, 6) is -1.73. The highest BCUT2D eigenvalue weighted by Gasteiger charge is 2.43. The number of rotatable bonds is 5. The third kappa shape index (κ3) is 6.06. The highest BCUT2D eigenvalue weighted by atomic mass is 32.2. The van der Waals surface area contributed by atoms with Crippen LogP contribution in [-0.4, -0.2) is 76.2 Å². The standard InChI is InChI=1S/C10H18F3N3O3S/c1-20(18,19)7-9(17)15-6-8(10(11,12)13)16-4-2-14-3-5-16/h8,14H,2-7H2,1H3,(H,15,17). The number of carbonyl (C=O) groups excluding carboxylic acids is 1. The van der Waals surface area contributed by atoms with Crippen molar-refractivity contribution in [2.45, 2.75) is 12.2 Å². The van der Waals surface area contributed by atoms with E-state index in [0.29, 0.717) is 13.1 Å². The van der Waals surface area contributed by atoms with Gasteiger partial charge in [0.25, 0.3) is 0 Å². The molecule has 20 heavy (non-hydrogen) atoms. The number of hydrogen-bond acceptors (Lipinski definition) is 5. The molecule has 1 rings (SSSR count). The van der Waals surface area contributed by atoms with Crippen molar-refractivity contribution < 1.29 is 26.4 Å². The third-order valence-electron chi connectivity index (χ3n) is 2.86. The SMILES string of the molecule is CS(=O)(=O)CC(=O)NCC(N1CCNCC1)C(F)(F)F. The van der Waals surface area contributed by atoms with Gasteiger partial charge in [0, 0.05) is 39.0 Å². The lowest BCUT2D eigenvalue weighted by Gasteiger charge is -2.35. The van der Waals surface area contributed by atoms with Gasteiger partial charge in [-0.2, -0.15) is 13.2 Å². The fourth-order valence-corrected chi connectivity index (χ4v) is 2.52. The quantitative estimate of drug-likeness (QED) is 0.679. The van der Waals surface area contributed by atoms with Crippen LogP contribution in [0.5, 0.6) is 0 Å². The van der Waals surface area contributed by atoms with Crippen LogP contribution in [0.4, 0.5) is 13.2 Å². The van der Waals surface area contributed by atoms with Gasteiger partial charge in [0.15, 0.2) is 9.84 Å². The number of piperazine rings is 1. The van der Waals surface area contributed by atoms with E-state index in [1.165, 1.54) is 4.90 Å². The van der Waals surface area contributed by atoms with E-state index >= 15 is 0 Å². The summed E-state index contributed by atoms with van der Waals surface area (Å²) in [7, 11) is -3.55. The highest BCUT2D eigenvalue weighted by Crippen LogP contribution is 2.24. The molecule has 0 saturated carbocycles. The van der Waals surface area contributed by atoms with E-state index in [9.17, 15) is 26.4 Å². The van der Waals surface area contributed by atoms with E-state index < -0.39 is 40.3 Å². The van der Waals surface area contributed by atoms with E-state index in [-0.39, 0.29) is 13.1 Å². The Morgan fingerprint density at radius 3 is 2.35 bits per heavy atom. The molecule has 1 heterocycles. The summed E-state index contributed by atoms with van der Waals surface area (Å²) in [5.41, 5.74) is 0. The molecule has 0 aromatic carbocycles. The third-order valence-corrected chi connectivity index (χ3v) is 3.64. The first-order valence-electron chi connectivity index (χ1n) is 6.05. The van der Waals surface area contributed by atoms with E-state index in [4.69, 9.17) is 0 Å². The fraction of sp³-hybridized carbons (Fsp3) is 0.900. The predicted octanol–water partition coefficient (Wildman–Crippen LogP) is -1.02. The van der Waals surface area contributed by atoms with Crippen molar-refractivity contribution in [3.8, 4) is 0 Å². The summed E-state index contributed by atoms with van der Waals surface area (Å²) >= 11 is 0. The van der Waals surface area contributed by atoms with E-state index in [0.717, 1.165) is 6.26 Å². The van der Waals surface area contributed by atoms with E-state index in [1.54, 1.807) is 0 Å². The highest BCUT2D eigenvalue weighted by molar-refractivity contribution is 7.91. The molecule has 2 N–H and O–H groups in total. The lowest BCUT2D eigenvalue weighted by Crippen LogP contribution is -2.57. The maximum atomic E-state index is 13.0. The Kier molecular flexibility index (Phi) is 5.78. The van der Waals surface area contributed by atoms with Crippen molar-refractivity contribution in [1.82, 2.24) is 15.5 Å². The molecular weight excluding hydrogens is 299 g/mol. The monoisotopic (exact) mass is 317 g/mol. The molecule has 10 heteroatoms. The van der Waals surface area contributed by atoms with Crippen LogP contribution in [-0.2, 0) is 14.6 Å². The number of amides is 1. The Morgan fingerprint density at radius 2 is 1.90 bits per heavy atom. The lowest BCUT2D eigenvalue weighted by atomic mass is 10.2. The van der Waals surface area contributed by atoms with Crippen molar-refractivity contribution in [2.24, 2.45) is 0 Å². The predicted molar refractivity (Wildman–Crippen MR) is 67.0 cm³/mol. The van der Waals surface area contributed by atoms with Crippen LogP contribution in [0.1, 0.15) is 0 Å². The van der Waals surface area contributed by atoms with Gasteiger partial charge in [-0.1, -0.05) is 0 Å². The number of hydrogen-bond donors (Lipinski definition) is 2. The second-order valence-electron chi connectivity index (χ2n) is 4.72. The normalized spacial score (nSPS) is 19.6. The summed E-state index contributed by atoms with van der Waals surface area (Å²) in [6, 6.07) is -1.80.